The molecule has 4 aromatic rings. The summed E-state index contributed by atoms with van der Waals surface area (Å²) in [6, 6.07) is 19.5. The molecule has 0 bridgehead atoms. The van der Waals surface area contributed by atoms with Gasteiger partial charge in [-0.15, -0.1) is 10.2 Å². The zero-order valence-electron chi connectivity index (χ0n) is 16.0. The lowest BCUT2D eigenvalue weighted by molar-refractivity contribution is 0.174. The summed E-state index contributed by atoms with van der Waals surface area (Å²) < 4.78 is 29.8. The lowest BCUT2D eigenvalue weighted by atomic mass is 9.99. The third-order valence-electron chi connectivity index (χ3n) is 4.76. The van der Waals surface area contributed by atoms with Gasteiger partial charge in [0.25, 0.3) is 5.22 Å². The number of hydrogen-bond donors (Lipinski definition) is 0. The van der Waals surface area contributed by atoms with E-state index in [2.05, 4.69) is 10.2 Å². The average Bonchev–Trinajstić information content (AvgIpc) is 3.47. The number of ether oxygens (including phenoxy) is 2. The molecule has 2 heterocycles. The van der Waals surface area contributed by atoms with Crippen molar-refractivity contribution in [3.63, 3.8) is 0 Å². The van der Waals surface area contributed by atoms with E-state index < -0.39 is 5.82 Å². The number of benzene rings is 3. The van der Waals surface area contributed by atoms with E-state index in [1.165, 1.54) is 23.9 Å². The minimum absolute atomic E-state index is 0.210. The Kier molecular flexibility index (Phi) is 5.02. The Labute approximate surface area is 181 Å². The van der Waals surface area contributed by atoms with Crippen molar-refractivity contribution in [2.75, 3.05) is 6.79 Å². The average molecular weight is 431 g/mol. The number of nitriles is 1. The van der Waals surface area contributed by atoms with Gasteiger partial charge in [-0.25, -0.2) is 4.39 Å². The highest BCUT2D eigenvalue weighted by atomic mass is 32.2. The van der Waals surface area contributed by atoms with Gasteiger partial charge in [-0.1, -0.05) is 42.1 Å². The smallest absolute Gasteiger partial charge is 0.277 e. The van der Waals surface area contributed by atoms with Crippen LogP contribution in [0.2, 0.25) is 0 Å². The van der Waals surface area contributed by atoms with Gasteiger partial charge in [0.05, 0.1) is 11.6 Å². The van der Waals surface area contributed by atoms with Crippen LogP contribution >= 0.6 is 11.8 Å². The zero-order chi connectivity index (χ0) is 21.2. The highest BCUT2D eigenvalue weighted by Gasteiger charge is 2.17. The van der Waals surface area contributed by atoms with Crippen LogP contribution in [0.25, 0.3) is 22.6 Å². The lowest BCUT2D eigenvalue weighted by Crippen LogP contribution is -1.92. The molecule has 0 unspecified atom stereocenters. The number of hydrogen-bond acceptors (Lipinski definition) is 7. The fourth-order valence-electron chi connectivity index (χ4n) is 3.20. The summed E-state index contributed by atoms with van der Waals surface area (Å²) >= 11 is 1.43. The summed E-state index contributed by atoms with van der Waals surface area (Å²) in [6.45, 7) is 0.210. The molecular weight excluding hydrogens is 417 g/mol. The van der Waals surface area contributed by atoms with Crippen LogP contribution in [-0.4, -0.2) is 17.0 Å². The predicted octanol–water partition coefficient (Wildman–Crippen LogP) is 5.44. The van der Waals surface area contributed by atoms with Crippen molar-refractivity contribution in [1.82, 2.24) is 10.2 Å². The minimum atomic E-state index is -0.423. The lowest BCUT2D eigenvalue weighted by Gasteiger charge is -2.06. The molecule has 6 nitrogen and oxygen atoms in total. The van der Waals surface area contributed by atoms with E-state index in [0.717, 1.165) is 16.7 Å². The largest absolute Gasteiger partial charge is 0.454 e. The second-order valence-electron chi connectivity index (χ2n) is 6.73. The van der Waals surface area contributed by atoms with E-state index in [4.69, 9.17) is 13.9 Å². The molecule has 0 radical (unpaired) electrons. The van der Waals surface area contributed by atoms with E-state index in [9.17, 15) is 9.65 Å². The molecule has 152 valence electrons. The summed E-state index contributed by atoms with van der Waals surface area (Å²) in [6.07, 6.45) is 0. The topological polar surface area (TPSA) is 81.2 Å². The maximum Gasteiger partial charge on any atom is 0.277 e. The fourth-order valence-corrected chi connectivity index (χ4v) is 3.92. The van der Waals surface area contributed by atoms with Crippen LogP contribution in [0.15, 0.2) is 70.3 Å². The fraction of sp³-hybridized carbons (Fsp3) is 0.0870. The van der Waals surface area contributed by atoms with Crippen LogP contribution in [0.1, 0.15) is 11.1 Å². The monoisotopic (exact) mass is 431 g/mol. The summed E-state index contributed by atoms with van der Waals surface area (Å²) in [5.41, 5.74) is 3.68. The molecule has 0 aliphatic carbocycles. The van der Waals surface area contributed by atoms with Gasteiger partial charge in [-0.2, -0.15) is 5.26 Å². The van der Waals surface area contributed by atoms with Crippen LogP contribution < -0.4 is 9.47 Å². The van der Waals surface area contributed by atoms with Gasteiger partial charge in [0.15, 0.2) is 11.5 Å². The predicted molar refractivity (Wildman–Crippen MR) is 112 cm³/mol. The van der Waals surface area contributed by atoms with Crippen LogP contribution in [0.3, 0.4) is 0 Å². The van der Waals surface area contributed by atoms with Crippen molar-refractivity contribution in [3.8, 4) is 40.1 Å². The van der Waals surface area contributed by atoms with Crippen LogP contribution in [0, 0.1) is 17.1 Å². The molecule has 0 atom stereocenters. The number of fused-ring (bicyclic) bond motifs is 1. The SMILES string of the molecule is N#Cc1cc(F)ccc1-c1ccc(CSc2nnc(-c3ccc4c(c3)OCO4)o2)cc1. The van der Waals surface area contributed by atoms with Gasteiger partial charge in [-0.05, 0) is 47.0 Å². The first-order chi connectivity index (χ1) is 15.2. The van der Waals surface area contributed by atoms with Crippen molar-refractivity contribution in [2.45, 2.75) is 11.0 Å². The maximum atomic E-state index is 13.4. The first-order valence-electron chi connectivity index (χ1n) is 9.35. The molecule has 1 aromatic heterocycles. The van der Waals surface area contributed by atoms with Crippen molar-refractivity contribution < 1.29 is 18.3 Å². The zero-order valence-corrected chi connectivity index (χ0v) is 16.9. The molecule has 0 amide bonds. The molecule has 8 heteroatoms. The number of halogens is 1. The first-order valence-corrected chi connectivity index (χ1v) is 10.3. The number of thioether (sulfide) groups is 1. The van der Waals surface area contributed by atoms with Crippen molar-refractivity contribution in [1.29, 1.82) is 5.26 Å². The Morgan fingerprint density at radius 1 is 0.935 bits per heavy atom. The van der Waals surface area contributed by atoms with Gasteiger partial charge in [0, 0.05) is 11.3 Å². The minimum Gasteiger partial charge on any atom is -0.454 e. The summed E-state index contributed by atoms with van der Waals surface area (Å²) in [5, 5.41) is 17.9. The van der Waals surface area contributed by atoms with Crippen molar-refractivity contribution in [2.24, 2.45) is 0 Å². The van der Waals surface area contributed by atoms with E-state index in [-0.39, 0.29) is 6.79 Å². The van der Waals surface area contributed by atoms with E-state index in [0.29, 0.717) is 39.5 Å². The Balaban J connectivity index is 1.27. The summed E-state index contributed by atoms with van der Waals surface area (Å²) in [5.74, 6) is 1.98. The Morgan fingerprint density at radius 3 is 2.58 bits per heavy atom. The molecule has 5 rings (SSSR count). The molecule has 1 aliphatic rings. The van der Waals surface area contributed by atoms with Gasteiger partial charge < -0.3 is 13.9 Å². The van der Waals surface area contributed by atoms with Crippen LogP contribution in [-0.2, 0) is 5.75 Å². The highest BCUT2D eigenvalue weighted by Crippen LogP contribution is 2.36. The van der Waals surface area contributed by atoms with E-state index in [1.54, 1.807) is 6.07 Å². The van der Waals surface area contributed by atoms with Gasteiger partial charge in [-0.3, -0.25) is 0 Å². The Morgan fingerprint density at radius 2 is 1.74 bits per heavy atom. The number of rotatable bonds is 5. The summed E-state index contributed by atoms with van der Waals surface area (Å²) in [7, 11) is 0. The quantitative estimate of drug-likeness (QED) is 0.390. The standard InChI is InChI=1S/C23H14FN3O3S/c24-18-6-7-19(17(9-18)11-25)15-3-1-14(2-4-15)12-31-23-27-26-22(30-23)16-5-8-20-21(10-16)29-13-28-20/h1-10H,12-13H2. The highest BCUT2D eigenvalue weighted by molar-refractivity contribution is 7.98. The van der Waals surface area contributed by atoms with E-state index >= 15 is 0 Å². The molecular formula is C23H14FN3O3S. The third kappa shape index (κ3) is 3.96. The number of aromatic nitrogens is 2. The third-order valence-corrected chi connectivity index (χ3v) is 5.64. The second-order valence-corrected chi connectivity index (χ2v) is 7.66. The molecule has 0 spiro atoms. The molecule has 0 N–H and O–H groups in total. The molecule has 0 fully saturated rings. The van der Waals surface area contributed by atoms with Crippen LogP contribution in [0.5, 0.6) is 11.5 Å². The van der Waals surface area contributed by atoms with E-state index in [1.807, 2.05) is 48.5 Å². The van der Waals surface area contributed by atoms with Gasteiger partial charge in [0.1, 0.15) is 5.82 Å². The normalized spacial score (nSPS) is 12.0. The second kappa shape index (κ2) is 8.13. The number of nitrogens with zero attached hydrogens (tertiary/aromatic N) is 3. The van der Waals surface area contributed by atoms with Gasteiger partial charge in [0.2, 0.25) is 12.7 Å². The van der Waals surface area contributed by atoms with Crippen LogP contribution in [0.4, 0.5) is 4.39 Å². The molecule has 0 saturated carbocycles. The van der Waals surface area contributed by atoms with Crippen molar-refractivity contribution >= 4 is 11.8 Å². The van der Waals surface area contributed by atoms with Gasteiger partial charge >= 0.3 is 0 Å². The molecule has 31 heavy (non-hydrogen) atoms. The van der Waals surface area contributed by atoms with Crippen molar-refractivity contribution in [3.05, 3.63) is 77.6 Å². The Bertz CT molecular complexity index is 1300. The Hall–Kier alpha value is -3.83. The molecule has 1 aliphatic heterocycles. The molecule has 0 saturated heterocycles. The first kappa shape index (κ1) is 19.2. The molecule has 3 aromatic carbocycles. The maximum absolute atomic E-state index is 13.4. The summed E-state index contributed by atoms with van der Waals surface area (Å²) in [4.78, 5) is 0.